The first kappa shape index (κ1) is 12.8. The summed E-state index contributed by atoms with van der Waals surface area (Å²) >= 11 is 0. The van der Waals surface area contributed by atoms with Crippen LogP contribution < -0.4 is 5.32 Å². The van der Waals surface area contributed by atoms with E-state index in [9.17, 15) is 4.79 Å². The molecule has 2 saturated heterocycles. The highest BCUT2D eigenvalue weighted by Crippen LogP contribution is 2.16. The van der Waals surface area contributed by atoms with E-state index < -0.39 is 0 Å². The second-order valence-electron chi connectivity index (χ2n) is 5.40. The minimum absolute atomic E-state index is 0.338. The summed E-state index contributed by atoms with van der Waals surface area (Å²) in [6, 6.07) is 0. The fourth-order valence-electron chi connectivity index (χ4n) is 2.61. The van der Waals surface area contributed by atoms with Gasteiger partial charge in [0.05, 0.1) is 0 Å². The Hall–Kier alpha value is -0.610. The lowest BCUT2D eigenvalue weighted by Crippen LogP contribution is -2.47. The topological polar surface area (TPSA) is 35.6 Å². The maximum atomic E-state index is 12.0. The molecular weight excluding hydrogens is 214 g/mol. The first-order chi connectivity index (χ1) is 8.25. The van der Waals surface area contributed by atoms with Crippen LogP contribution in [0.4, 0.5) is 0 Å². The fraction of sp³-hybridized carbons (Fsp3) is 0.923. The second-order valence-corrected chi connectivity index (χ2v) is 5.40. The maximum Gasteiger partial charge on any atom is 0.223 e. The highest BCUT2D eigenvalue weighted by atomic mass is 16.2. The van der Waals surface area contributed by atoms with Gasteiger partial charge in [0.2, 0.25) is 5.91 Å². The molecule has 0 unspecified atom stereocenters. The van der Waals surface area contributed by atoms with Crippen molar-refractivity contribution in [1.82, 2.24) is 15.1 Å². The Morgan fingerprint density at radius 3 is 2.47 bits per heavy atom. The third-order valence-electron chi connectivity index (χ3n) is 3.99. The SMILES string of the molecule is CC1CCN(CCC(=O)N2CCNCC2)CC1. The summed E-state index contributed by atoms with van der Waals surface area (Å²) < 4.78 is 0. The van der Waals surface area contributed by atoms with Crippen molar-refractivity contribution in [2.75, 3.05) is 45.8 Å². The first-order valence-electron chi connectivity index (χ1n) is 6.96. The van der Waals surface area contributed by atoms with Gasteiger partial charge in [-0.2, -0.15) is 0 Å². The molecule has 1 N–H and O–H groups in total. The van der Waals surface area contributed by atoms with Gasteiger partial charge in [-0.25, -0.2) is 0 Å². The van der Waals surface area contributed by atoms with Crippen molar-refractivity contribution >= 4 is 5.91 Å². The molecule has 0 aromatic heterocycles. The van der Waals surface area contributed by atoms with Crippen molar-refractivity contribution in [3.63, 3.8) is 0 Å². The number of hydrogen-bond donors (Lipinski definition) is 1. The molecule has 0 aliphatic carbocycles. The van der Waals surface area contributed by atoms with E-state index in [0.29, 0.717) is 12.3 Å². The zero-order chi connectivity index (χ0) is 12.1. The molecule has 2 aliphatic rings. The monoisotopic (exact) mass is 239 g/mol. The van der Waals surface area contributed by atoms with E-state index in [0.717, 1.165) is 38.6 Å². The highest BCUT2D eigenvalue weighted by Gasteiger charge is 2.19. The summed E-state index contributed by atoms with van der Waals surface area (Å²) in [6.07, 6.45) is 3.29. The van der Waals surface area contributed by atoms with E-state index in [1.807, 2.05) is 4.90 Å². The van der Waals surface area contributed by atoms with Gasteiger partial charge in [0.25, 0.3) is 0 Å². The summed E-state index contributed by atoms with van der Waals surface area (Å²) in [5.74, 6) is 1.21. The van der Waals surface area contributed by atoms with Crippen molar-refractivity contribution in [2.24, 2.45) is 5.92 Å². The van der Waals surface area contributed by atoms with Crippen LogP contribution in [0, 0.1) is 5.92 Å². The van der Waals surface area contributed by atoms with Gasteiger partial charge < -0.3 is 15.1 Å². The number of nitrogens with one attached hydrogen (secondary N) is 1. The normalized spacial score (nSPS) is 23.9. The van der Waals surface area contributed by atoms with Crippen molar-refractivity contribution in [1.29, 1.82) is 0 Å². The van der Waals surface area contributed by atoms with Gasteiger partial charge in [-0.3, -0.25) is 4.79 Å². The molecule has 2 rings (SSSR count). The Morgan fingerprint density at radius 2 is 1.82 bits per heavy atom. The van der Waals surface area contributed by atoms with E-state index in [-0.39, 0.29) is 0 Å². The van der Waals surface area contributed by atoms with Crippen LogP contribution in [0.15, 0.2) is 0 Å². The molecular formula is C13H25N3O. The van der Waals surface area contributed by atoms with E-state index in [1.165, 1.54) is 25.9 Å². The van der Waals surface area contributed by atoms with Gasteiger partial charge >= 0.3 is 0 Å². The van der Waals surface area contributed by atoms with Crippen molar-refractivity contribution in [2.45, 2.75) is 26.2 Å². The van der Waals surface area contributed by atoms with E-state index in [4.69, 9.17) is 0 Å². The quantitative estimate of drug-likeness (QED) is 0.781. The average molecular weight is 239 g/mol. The van der Waals surface area contributed by atoms with Crippen molar-refractivity contribution in [3.05, 3.63) is 0 Å². The zero-order valence-electron chi connectivity index (χ0n) is 11.0. The van der Waals surface area contributed by atoms with Crippen LogP contribution in [0.25, 0.3) is 0 Å². The zero-order valence-corrected chi connectivity index (χ0v) is 11.0. The number of carbonyl (C=O) groups is 1. The molecule has 0 radical (unpaired) electrons. The van der Waals surface area contributed by atoms with Crippen molar-refractivity contribution < 1.29 is 4.79 Å². The lowest BCUT2D eigenvalue weighted by molar-refractivity contribution is -0.132. The number of amides is 1. The van der Waals surface area contributed by atoms with Gasteiger partial charge in [0.1, 0.15) is 0 Å². The summed E-state index contributed by atoms with van der Waals surface area (Å²) in [5.41, 5.74) is 0. The molecule has 0 aromatic rings. The Morgan fingerprint density at radius 1 is 1.18 bits per heavy atom. The number of likely N-dealkylation sites (tertiary alicyclic amines) is 1. The van der Waals surface area contributed by atoms with Gasteiger partial charge in [-0.1, -0.05) is 6.92 Å². The van der Waals surface area contributed by atoms with Gasteiger partial charge in [0, 0.05) is 39.1 Å². The minimum Gasteiger partial charge on any atom is -0.340 e. The van der Waals surface area contributed by atoms with Crippen LogP contribution in [-0.2, 0) is 4.79 Å². The van der Waals surface area contributed by atoms with Gasteiger partial charge in [0.15, 0.2) is 0 Å². The van der Waals surface area contributed by atoms with E-state index in [2.05, 4.69) is 17.1 Å². The molecule has 2 fully saturated rings. The Labute approximate surface area is 104 Å². The number of hydrogen-bond acceptors (Lipinski definition) is 3. The predicted molar refractivity (Wildman–Crippen MR) is 68.9 cm³/mol. The average Bonchev–Trinajstić information content (AvgIpc) is 2.39. The van der Waals surface area contributed by atoms with Crippen molar-refractivity contribution in [3.8, 4) is 0 Å². The summed E-state index contributed by atoms with van der Waals surface area (Å²) in [6.45, 7) is 9.30. The van der Waals surface area contributed by atoms with E-state index >= 15 is 0 Å². The molecule has 0 bridgehead atoms. The van der Waals surface area contributed by atoms with Crippen LogP contribution in [0.5, 0.6) is 0 Å². The van der Waals surface area contributed by atoms with Gasteiger partial charge in [-0.05, 0) is 31.8 Å². The number of piperidine rings is 1. The Bertz CT molecular complexity index is 243. The molecule has 0 spiro atoms. The van der Waals surface area contributed by atoms with Crippen LogP contribution in [0.3, 0.4) is 0 Å². The molecule has 0 aromatic carbocycles. The molecule has 2 heterocycles. The molecule has 2 aliphatic heterocycles. The summed E-state index contributed by atoms with van der Waals surface area (Å²) in [4.78, 5) is 16.4. The molecule has 1 amide bonds. The largest absolute Gasteiger partial charge is 0.340 e. The maximum absolute atomic E-state index is 12.0. The molecule has 98 valence electrons. The standard InChI is InChI=1S/C13H25N3O/c1-12-2-7-15(8-3-12)9-4-13(17)16-10-5-14-6-11-16/h12,14H,2-11H2,1H3. The lowest BCUT2D eigenvalue weighted by atomic mass is 9.99. The van der Waals surface area contributed by atoms with Crippen LogP contribution >= 0.6 is 0 Å². The second kappa shape index (κ2) is 6.36. The van der Waals surface area contributed by atoms with Crippen LogP contribution in [-0.4, -0.2) is 61.5 Å². The predicted octanol–water partition coefficient (Wildman–Crippen LogP) is 0.540. The lowest BCUT2D eigenvalue weighted by Gasteiger charge is -2.31. The molecule has 0 saturated carbocycles. The summed E-state index contributed by atoms with van der Waals surface area (Å²) in [5, 5.41) is 3.28. The first-order valence-corrected chi connectivity index (χ1v) is 6.96. The Balaban J connectivity index is 1.65. The Kier molecular flexibility index (Phi) is 4.80. The highest BCUT2D eigenvalue weighted by molar-refractivity contribution is 5.76. The number of rotatable bonds is 3. The smallest absolute Gasteiger partial charge is 0.223 e. The molecule has 17 heavy (non-hydrogen) atoms. The van der Waals surface area contributed by atoms with Crippen LogP contribution in [0.1, 0.15) is 26.2 Å². The van der Waals surface area contributed by atoms with Gasteiger partial charge in [-0.15, -0.1) is 0 Å². The van der Waals surface area contributed by atoms with E-state index in [1.54, 1.807) is 0 Å². The minimum atomic E-state index is 0.338. The van der Waals surface area contributed by atoms with Crippen LogP contribution in [0.2, 0.25) is 0 Å². The number of piperazine rings is 1. The number of nitrogens with zero attached hydrogens (tertiary/aromatic N) is 2. The third-order valence-corrected chi connectivity index (χ3v) is 3.99. The molecule has 0 atom stereocenters. The summed E-state index contributed by atoms with van der Waals surface area (Å²) in [7, 11) is 0. The number of carbonyl (C=O) groups excluding carboxylic acids is 1. The third kappa shape index (κ3) is 3.96. The molecule has 4 nitrogen and oxygen atoms in total. The molecule has 4 heteroatoms. The fourth-order valence-corrected chi connectivity index (χ4v) is 2.61.